The van der Waals surface area contributed by atoms with Crippen molar-refractivity contribution in [2.75, 3.05) is 0 Å². The number of hydrogen-bond acceptors (Lipinski definition) is 5. The van der Waals surface area contributed by atoms with Crippen molar-refractivity contribution in [1.82, 2.24) is 24.7 Å². The number of pyridine rings is 3. The maximum Gasteiger partial charge on any atom is 0.418 e. The van der Waals surface area contributed by atoms with Gasteiger partial charge >= 0.3 is 6.18 Å². The molecule has 0 radical (unpaired) electrons. The summed E-state index contributed by atoms with van der Waals surface area (Å²) in [5.74, 6) is -2.75. The second-order valence-corrected chi connectivity index (χ2v) is 8.59. The molecule has 7 nitrogen and oxygen atoms in total. The molecule has 5 aromatic rings. The number of H-pyrrole nitrogens is 1. The van der Waals surface area contributed by atoms with Crippen LogP contribution in [0.2, 0.25) is 0 Å². The Morgan fingerprint density at radius 2 is 1.79 bits per heavy atom. The number of ether oxygens (including phenoxy) is 1. The topological polar surface area (TPSA) is 85.7 Å². The van der Waals surface area contributed by atoms with Gasteiger partial charge in [0.25, 0.3) is 0 Å². The zero-order valence-corrected chi connectivity index (χ0v) is 20.1. The maximum atomic E-state index is 14.1. The van der Waals surface area contributed by atoms with Crippen LogP contribution in [-0.4, -0.2) is 24.7 Å². The SMILES string of the molecule is Cc1c(Oc2ncc(C(F)(F)F)c(C)c2-c2cc(=O)c3c(-c4cnn(C)c4)nccc3[nH]2)ccc(F)c1F. The molecule has 0 spiro atoms. The Bertz CT molecular complexity index is 1780. The minimum atomic E-state index is -4.75. The molecule has 5 rings (SSSR count). The van der Waals surface area contributed by atoms with E-state index in [0.717, 1.165) is 18.2 Å². The quantitative estimate of drug-likeness (QED) is 0.286. The largest absolute Gasteiger partial charge is 0.438 e. The van der Waals surface area contributed by atoms with E-state index in [1.54, 1.807) is 17.9 Å². The van der Waals surface area contributed by atoms with Crippen molar-refractivity contribution in [3.8, 4) is 34.1 Å². The first kappa shape index (κ1) is 25.1. The number of fused-ring (bicyclic) bond motifs is 1. The van der Waals surface area contributed by atoms with Gasteiger partial charge in [0, 0.05) is 42.8 Å². The van der Waals surface area contributed by atoms with E-state index in [2.05, 4.69) is 20.1 Å². The number of benzene rings is 1. The van der Waals surface area contributed by atoms with Crippen LogP contribution in [0.5, 0.6) is 11.6 Å². The van der Waals surface area contributed by atoms with Gasteiger partial charge in [-0.25, -0.2) is 13.8 Å². The van der Waals surface area contributed by atoms with Gasteiger partial charge in [-0.2, -0.15) is 18.3 Å². The molecule has 0 aliphatic rings. The molecular weight excluding hydrogens is 509 g/mol. The normalized spacial score (nSPS) is 11.8. The predicted molar refractivity (Wildman–Crippen MR) is 129 cm³/mol. The van der Waals surface area contributed by atoms with E-state index < -0.39 is 28.8 Å². The summed E-state index contributed by atoms with van der Waals surface area (Å²) in [5.41, 5.74) is -1.01. The Balaban J connectivity index is 1.74. The molecule has 4 aromatic heterocycles. The Labute approximate surface area is 211 Å². The third-order valence-corrected chi connectivity index (χ3v) is 6.10. The highest BCUT2D eigenvalue weighted by atomic mass is 19.4. The highest BCUT2D eigenvalue weighted by Gasteiger charge is 2.35. The second-order valence-electron chi connectivity index (χ2n) is 8.59. The number of rotatable bonds is 4. The lowest BCUT2D eigenvalue weighted by Gasteiger charge is -2.18. The first-order valence-electron chi connectivity index (χ1n) is 11.2. The average molecular weight is 527 g/mol. The van der Waals surface area contributed by atoms with Gasteiger partial charge in [-0.05, 0) is 37.6 Å². The smallest absolute Gasteiger partial charge is 0.418 e. The fourth-order valence-corrected chi connectivity index (χ4v) is 4.21. The fraction of sp³-hybridized carbons (Fsp3) is 0.154. The third-order valence-electron chi connectivity index (χ3n) is 6.10. The lowest BCUT2D eigenvalue weighted by molar-refractivity contribution is -0.138. The monoisotopic (exact) mass is 527 g/mol. The van der Waals surface area contributed by atoms with E-state index in [1.165, 1.54) is 32.3 Å². The van der Waals surface area contributed by atoms with Crippen molar-refractivity contribution in [2.24, 2.45) is 7.05 Å². The van der Waals surface area contributed by atoms with Crippen molar-refractivity contribution in [1.29, 1.82) is 0 Å². The number of nitrogens with one attached hydrogen (secondary N) is 1. The highest BCUT2D eigenvalue weighted by molar-refractivity contribution is 5.93. The minimum Gasteiger partial charge on any atom is -0.438 e. The molecule has 0 aliphatic carbocycles. The summed E-state index contributed by atoms with van der Waals surface area (Å²) in [7, 11) is 1.70. The number of aromatic nitrogens is 5. The van der Waals surface area contributed by atoms with Crippen molar-refractivity contribution >= 4 is 10.9 Å². The molecule has 0 saturated heterocycles. The Kier molecular flexibility index (Phi) is 5.97. The number of halogens is 5. The molecular formula is C26H18F5N5O2. The van der Waals surface area contributed by atoms with Gasteiger partial charge in [-0.15, -0.1) is 0 Å². The summed E-state index contributed by atoms with van der Waals surface area (Å²) in [6.45, 7) is 2.47. The van der Waals surface area contributed by atoms with Gasteiger partial charge in [-0.1, -0.05) is 0 Å². The molecule has 1 aromatic carbocycles. The molecule has 0 saturated carbocycles. The van der Waals surface area contributed by atoms with Crippen LogP contribution in [0.3, 0.4) is 0 Å². The molecule has 0 amide bonds. The van der Waals surface area contributed by atoms with E-state index in [1.807, 2.05) is 0 Å². The summed E-state index contributed by atoms with van der Waals surface area (Å²) in [6.07, 6.45) is 0.492. The highest BCUT2D eigenvalue weighted by Crippen LogP contribution is 2.41. The Hall–Kier alpha value is -4.61. The van der Waals surface area contributed by atoms with Crippen molar-refractivity contribution in [3.63, 3.8) is 0 Å². The maximum absolute atomic E-state index is 14.1. The first-order valence-corrected chi connectivity index (χ1v) is 11.2. The number of alkyl halides is 3. The molecule has 4 heterocycles. The number of aryl methyl sites for hydroxylation is 1. The van der Waals surface area contributed by atoms with Crippen LogP contribution < -0.4 is 10.2 Å². The Morgan fingerprint density at radius 1 is 1.03 bits per heavy atom. The molecule has 0 atom stereocenters. The number of hydrogen-bond donors (Lipinski definition) is 1. The number of nitrogens with zero attached hydrogens (tertiary/aromatic N) is 4. The molecule has 1 N–H and O–H groups in total. The molecule has 0 aliphatic heterocycles. The predicted octanol–water partition coefficient (Wildman–Crippen LogP) is 6.09. The Morgan fingerprint density at radius 3 is 2.47 bits per heavy atom. The van der Waals surface area contributed by atoms with Crippen LogP contribution in [0.1, 0.15) is 16.7 Å². The van der Waals surface area contributed by atoms with E-state index >= 15 is 0 Å². The lowest BCUT2D eigenvalue weighted by atomic mass is 10.0. The van der Waals surface area contributed by atoms with Crippen molar-refractivity contribution < 1.29 is 26.7 Å². The summed E-state index contributed by atoms with van der Waals surface area (Å²) in [6, 6.07) is 4.61. The van der Waals surface area contributed by atoms with Crippen LogP contribution in [0.15, 0.2) is 53.8 Å². The van der Waals surface area contributed by atoms with E-state index in [-0.39, 0.29) is 39.4 Å². The van der Waals surface area contributed by atoms with E-state index in [9.17, 15) is 26.7 Å². The van der Waals surface area contributed by atoms with Crippen LogP contribution in [0.4, 0.5) is 22.0 Å². The molecule has 0 unspecified atom stereocenters. The second kappa shape index (κ2) is 9.05. The average Bonchev–Trinajstić information content (AvgIpc) is 3.29. The minimum absolute atomic E-state index is 0.0165. The van der Waals surface area contributed by atoms with Crippen LogP contribution >= 0.6 is 0 Å². The van der Waals surface area contributed by atoms with Gasteiger partial charge in [0.1, 0.15) is 5.75 Å². The van der Waals surface area contributed by atoms with Gasteiger partial charge < -0.3 is 9.72 Å². The van der Waals surface area contributed by atoms with Crippen LogP contribution in [0.25, 0.3) is 33.4 Å². The summed E-state index contributed by atoms with van der Waals surface area (Å²) < 4.78 is 76.3. The van der Waals surface area contributed by atoms with E-state index in [0.29, 0.717) is 23.0 Å². The molecule has 38 heavy (non-hydrogen) atoms. The lowest BCUT2D eigenvalue weighted by Crippen LogP contribution is -2.12. The van der Waals surface area contributed by atoms with Crippen molar-refractivity contribution in [2.45, 2.75) is 20.0 Å². The standard InChI is InChI=1S/C26H18F5N5O2/c1-12-15(26(29,30)31)10-33-25(38-20-5-4-16(27)23(28)13(20)2)21(12)18-8-19(37)22-17(35-18)6-7-32-24(22)14-9-34-36(3)11-14/h4-11H,1-3H3,(H,35,37). The van der Waals surface area contributed by atoms with Crippen LogP contribution in [-0.2, 0) is 13.2 Å². The van der Waals surface area contributed by atoms with Gasteiger partial charge in [0.2, 0.25) is 5.88 Å². The molecule has 12 heteroatoms. The summed E-state index contributed by atoms with van der Waals surface area (Å²) in [4.78, 5) is 24.4. The molecule has 194 valence electrons. The fourth-order valence-electron chi connectivity index (χ4n) is 4.21. The third kappa shape index (κ3) is 4.27. The van der Waals surface area contributed by atoms with Gasteiger partial charge in [0.05, 0.1) is 39.6 Å². The molecule has 0 bridgehead atoms. The van der Waals surface area contributed by atoms with Gasteiger partial charge in [-0.3, -0.25) is 14.5 Å². The van der Waals surface area contributed by atoms with Crippen LogP contribution in [0, 0.1) is 25.5 Å². The number of aromatic amines is 1. The first-order chi connectivity index (χ1) is 18.0. The summed E-state index contributed by atoms with van der Waals surface area (Å²) >= 11 is 0. The summed E-state index contributed by atoms with van der Waals surface area (Å²) in [5, 5.41) is 4.30. The van der Waals surface area contributed by atoms with E-state index in [4.69, 9.17) is 4.74 Å². The van der Waals surface area contributed by atoms with Crippen molar-refractivity contribution in [3.05, 3.63) is 87.6 Å². The van der Waals surface area contributed by atoms with Gasteiger partial charge in [0.15, 0.2) is 17.1 Å². The zero-order chi connectivity index (χ0) is 27.4. The zero-order valence-electron chi connectivity index (χ0n) is 20.1. The molecule has 0 fully saturated rings.